The van der Waals surface area contributed by atoms with Crippen molar-refractivity contribution in [3.8, 4) is 0 Å². The zero-order valence-corrected chi connectivity index (χ0v) is 8.75. The number of hydrogen-bond donors (Lipinski definition) is 2. The summed E-state index contributed by atoms with van der Waals surface area (Å²) in [5.74, 6) is -3.27. The van der Waals surface area contributed by atoms with Gasteiger partial charge < -0.3 is 5.11 Å². The van der Waals surface area contributed by atoms with E-state index in [-0.39, 0.29) is 5.56 Å². The Labute approximate surface area is 99.1 Å². The van der Waals surface area contributed by atoms with Gasteiger partial charge in [-0.25, -0.2) is 14.7 Å². The van der Waals surface area contributed by atoms with Crippen LogP contribution in [0.2, 0.25) is 0 Å². The minimum Gasteiger partial charge on any atom is -0.479 e. The maximum absolute atomic E-state index is 13.0. The number of benzene rings is 1. The summed E-state index contributed by atoms with van der Waals surface area (Å²) in [6.07, 6.45) is 0. The van der Waals surface area contributed by atoms with Crippen LogP contribution < -0.4 is 5.48 Å². The average molecular weight is 258 g/mol. The van der Waals surface area contributed by atoms with E-state index in [4.69, 9.17) is 5.11 Å². The van der Waals surface area contributed by atoms with E-state index in [1.807, 2.05) is 0 Å². The minimum absolute atomic E-state index is 0.355. The number of amides is 1. The van der Waals surface area contributed by atoms with E-state index in [1.165, 1.54) is 0 Å². The summed E-state index contributed by atoms with van der Waals surface area (Å²) in [5.41, 5.74) is 0.761. The number of nitrogens with one attached hydrogen (secondary N) is 1. The number of aliphatic carboxylic acids is 1. The number of nitrogens with zero attached hydrogens (tertiary/aromatic N) is 1. The zero-order chi connectivity index (χ0) is 13.7. The van der Waals surface area contributed by atoms with Gasteiger partial charge in [0.2, 0.25) is 0 Å². The molecule has 0 heterocycles. The highest BCUT2D eigenvalue weighted by Gasteiger charge is 2.15. The lowest BCUT2D eigenvalue weighted by Crippen LogP contribution is -2.26. The Morgan fingerprint density at radius 1 is 1.44 bits per heavy atom. The monoisotopic (exact) mass is 258 g/mol. The Bertz CT molecular complexity index is 504. The number of carboxylic acids is 1. The van der Waals surface area contributed by atoms with Crippen molar-refractivity contribution in [2.45, 2.75) is 0 Å². The van der Waals surface area contributed by atoms with Crippen LogP contribution in [0, 0.1) is 15.9 Å². The van der Waals surface area contributed by atoms with Crippen LogP contribution in [0.4, 0.5) is 10.1 Å². The predicted molar refractivity (Wildman–Crippen MR) is 54.1 cm³/mol. The first kappa shape index (κ1) is 13.5. The number of carboxylic acid groups (broad SMARTS) is 1. The molecule has 0 saturated heterocycles. The van der Waals surface area contributed by atoms with Crippen molar-refractivity contribution < 1.29 is 28.8 Å². The van der Waals surface area contributed by atoms with Gasteiger partial charge in [-0.15, -0.1) is 0 Å². The third-order valence-corrected chi connectivity index (χ3v) is 1.72. The Kier molecular flexibility index (Phi) is 4.27. The number of carbonyl (C=O) groups excluding carboxylic acids is 1. The SMILES string of the molecule is O=C(O)CONC(=O)c1cc(F)cc([N+](=O)[O-])c1. The second-order valence-electron chi connectivity index (χ2n) is 3.07. The van der Waals surface area contributed by atoms with Gasteiger partial charge in [-0.05, 0) is 6.07 Å². The van der Waals surface area contributed by atoms with Gasteiger partial charge in [0.25, 0.3) is 11.6 Å². The maximum atomic E-state index is 13.0. The van der Waals surface area contributed by atoms with E-state index in [0.717, 1.165) is 12.1 Å². The highest BCUT2D eigenvalue weighted by molar-refractivity contribution is 5.94. The van der Waals surface area contributed by atoms with E-state index in [1.54, 1.807) is 5.48 Å². The van der Waals surface area contributed by atoms with Crippen LogP contribution in [0.3, 0.4) is 0 Å². The number of nitro benzene ring substituents is 1. The molecule has 0 saturated carbocycles. The van der Waals surface area contributed by atoms with Crippen molar-refractivity contribution in [3.05, 3.63) is 39.7 Å². The molecule has 9 heteroatoms. The first-order valence-corrected chi connectivity index (χ1v) is 4.49. The van der Waals surface area contributed by atoms with Gasteiger partial charge in [-0.3, -0.25) is 19.7 Å². The van der Waals surface area contributed by atoms with E-state index in [9.17, 15) is 24.1 Å². The Hall–Kier alpha value is -2.55. The van der Waals surface area contributed by atoms with E-state index >= 15 is 0 Å². The molecule has 0 aliphatic carbocycles. The number of nitro groups is 1. The van der Waals surface area contributed by atoms with Crippen molar-refractivity contribution in [3.63, 3.8) is 0 Å². The summed E-state index contributed by atoms with van der Waals surface area (Å²) < 4.78 is 13.0. The topological polar surface area (TPSA) is 119 Å². The lowest BCUT2D eigenvalue weighted by Gasteiger charge is -2.03. The van der Waals surface area contributed by atoms with E-state index in [2.05, 4.69) is 4.84 Å². The number of halogens is 1. The molecule has 1 aromatic carbocycles. The molecule has 0 atom stereocenters. The molecule has 0 fully saturated rings. The van der Waals surface area contributed by atoms with Gasteiger partial charge in [0.1, 0.15) is 5.82 Å². The molecule has 0 unspecified atom stereocenters. The molecule has 0 aromatic heterocycles. The number of hydroxylamine groups is 1. The van der Waals surface area contributed by atoms with Crippen LogP contribution >= 0.6 is 0 Å². The lowest BCUT2D eigenvalue weighted by atomic mass is 10.2. The molecule has 0 bridgehead atoms. The third-order valence-electron chi connectivity index (χ3n) is 1.72. The van der Waals surface area contributed by atoms with E-state index < -0.39 is 34.9 Å². The number of carbonyl (C=O) groups is 2. The molecule has 96 valence electrons. The normalized spacial score (nSPS) is 9.83. The number of non-ortho nitro benzene ring substituents is 1. The molecule has 0 aliphatic rings. The summed E-state index contributed by atoms with van der Waals surface area (Å²) in [5, 5.41) is 18.7. The molecule has 0 radical (unpaired) electrons. The minimum atomic E-state index is -1.32. The standard InChI is InChI=1S/C9H7FN2O6/c10-6-1-5(2-7(3-6)12(16)17)9(15)11-18-4-8(13)14/h1-3H,4H2,(H,11,15)(H,13,14). The molecule has 1 rings (SSSR count). The van der Waals surface area contributed by atoms with Crippen molar-refractivity contribution in [1.29, 1.82) is 0 Å². The molecular formula is C9H7FN2O6. The van der Waals surface area contributed by atoms with Gasteiger partial charge in [-0.1, -0.05) is 0 Å². The van der Waals surface area contributed by atoms with Crippen LogP contribution in [-0.2, 0) is 9.63 Å². The fourth-order valence-corrected chi connectivity index (χ4v) is 1.03. The van der Waals surface area contributed by atoms with Gasteiger partial charge in [0, 0.05) is 6.07 Å². The molecule has 1 aromatic rings. The smallest absolute Gasteiger partial charge is 0.332 e. The molecule has 0 aliphatic heterocycles. The molecule has 18 heavy (non-hydrogen) atoms. The Balaban J connectivity index is 2.79. The van der Waals surface area contributed by atoms with Crippen molar-refractivity contribution in [2.75, 3.05) is 6.61 Å². The lowest BCUT2D eigenvalue weighted by molar-refractivity contribution is -0.385. The quantitative estimate of drug-likeness (QED) is 0.585. The molecule has 0 spiro atoms. The number of rotatable bonds is 5. The Morgan fingerprint density at radius 2 is 2.11 bits per heavy atom. The van der Waals surface area contributed by atoms with Gasteiger partial charge >= 0.3 is 5.97 Å². The second-order valence-corrected chi connectivity index (χ2v) is 3.07. The first-order chi connectivity index (χ1) is 8.40. The van der Waals surface area contributed by atoms with Crippen LogP contribution in [0.1, 0.15) is 10.4 Å². The van der Waals surface area contributed by atoms with Crippen LogP contribution in [0.25, 0.3) is 0 Å². The van der Waals surface area contributed by atoms with Crippen molar-refractivity contribution >= 4 is 17.6 Å². The average Bonchev–Trinajstić information content (AvgIpc) is 2.27. The zero-order valence-electron chi connectivity index (χ0n) is 8.75. The van der Waals surface area contributed by atoms with Crippen LogP contribution in [0.5, 0.6) is 0 Å². The summed E-state index contributed by atoms with van der Waals surface area (Å²) in [4.78, 5) is 35.3. The molecule has 1 amide bonds. The third kappa shape index (κ3) is 3.79. The van der Waals surface area contributed by atoms with Crippen molar-refractivity contribution in [2.24, 2.45) is 0 Å². The van der Waals surface area contributed by atoms with Gasteiger partial charge in [0.05, 0.1) is 16.6 Å². The first-order valence-electron chi connectivity index (χ1n) is 4.49. The fourth-order valence-electron chi connectivity index (χ4n) is 1.03. The van der Waals surface area contributed by atoms with Crippen molar-refractivity contribution in [1.82, 2.24) is 5.48 Å². The summed E-state index contributed by atoms with van der Waals surface area (Å²) >= 11 is 0. The molecule has 8 nitrogen and oxygen atoms in total. The van der Waals surface area contributed by atoms with Gasteiger partial charge in [0.15, 0.2) is 6.61 Å². The summed E-state index contributed by atoms with van der Waals surface area (Å²) in [6, 6.07) is 2.24. The summed E-state index contributed by atoms with van der Waals surface area (Å²) in [6.45, 7) is -0.789. The van der Waals surface area contributed by atoms with Crippen LogP contribution in [0.15, 0.2) is 18.2 Å². The van der Waals surface area contributed by atoms with Gasteiger partial charge in [-0.2, -0.15) is 0 Å². The largest absolute Gasteiger partial charge is 0.479 e. The maximum Gasteiger partial charge on any atom is 0.332 e. The van der Waals surface area contributed by atoms with Crippen LogP contribution in [-0.4, -0.2) is 28.5 Å². The van der Waals surface area contributed by atoms with E-state index in [0.29, 0.717) is 6.07 Å². The predicted octanol–water partition coefficient (Wildman–Crippen LogP) is 0.480. The highest BCUT2D eigenvalue weighted by Crippen LogP contribution is 2.16. The fraction of sp³-hybridized carbons (Fsp3) is 0.111. The Morgan fingerprint density at radius 3 is 2.67 bits per heavy atom. The second kappa shape index (κ2) is 5.68. The highest BCUT2D eigenvalue weighted by atomic mass is 19.1. The number of hydrogen-bond acceptors (Lipinski definition) is 5. The molecule has 2 N–H and O–H groups in total. The summed E-state index contributed by atoms with van der Waals surface area (Å²) in [7, 11) is 0. The molecular weight excluding hydrogens is 251 g/mol.